The minimum Gasteiger partial charge on any atom is -0.379 e. The van der Waals surface area contributed by atoms with Gasteiger partial charge in [0, 0.05) is 24.7 Å². The van der Waals surface area contributed by atoms with E-state index in [4.69, 9.17) is 9.26 Å². The highest BCUT2D eigenvalue weighted by molar-refractivity contribution is 6.06. The number of pyridine rings is 1. The van der Waals surface area contributed by atoms with Crippen molar-refractivity contribution in [3.8, 4) is 0 Å². The van der Waals surface area contributed by atoms with Crippen molar-refractivity contribution in [3.63, 3.8) is 0 Å². The van der Waals surface area contributed by atoms with Crippen molar-refractivity contribution in [3.05, 3.63) is 23.0 Å². The molecule has 2 fully saturated rings. The van der Waals surface area contributed by atoms with Crippen LogP contribution in [0.25, 0.3) is 11.1 Å². The van der Waals surface area contributed by atoms with Crippen LogP contribution < -0.4 is 0 Å². The Morgan fingerprint density at radius 1 is 1.31 bits per heavy atom. The Morgan fingerprint density at radius 2 is 2.12 bits per heavy atom. The molecular formula is C20H27N3O3. The van der Waals surface area contributed by atoms with Crippen LogP contribution in [0.4, 0.5) is 0 Å². The van der Waals surface area contributed by atoms with Crippen molar-refractivity contribution < 1.29 is 14.1 Å². The van der Waals surface area contributed by atoms with E-state index < -0.39 is 0 Å². The van der Waals surface area contributed by atoms with E-state index in [1.807, 2.05) is 17.9 Å². The molecular weight excluding hydrogens is 330 g/mol. The lowest BCUT2D eigenvalue weighted by Gasteiger charge is -2.35. The SMILES string of the molecule is Cc1noc2nc(C(C)C)cc(C(=O)N3CCOCC(C4CCC4)C3)c12. The molecule has 0 bridgehead atoms. The summed E-state index contributed by atoms with van der Waals surface area (Å²) in [5, 5.41) is 4.78. The molecule has 1 unspecified atom stereocenters. The molecule has 6 nitrogen and oxygen atoms in total. The average Bonchev–Trinajstić information content (AvgIpc) is 2.79. The lowest BCUT2D eigenvalue weighted by atomic mass is 9.76. The summed E-state index contributed by atoms with van der Waals surface area (Å²) >= 11 is 0. The van der Waals surface area contributed by atoms with Gasteiger partial charge < -0.3 is 14.2 Å². The van der Waals surface area contributed by atoms with Gasteiger partial charge in [-0.1, -0.05) is 38.3 Å². The number of nitrogens with zero attached hydrogens (tertiary/aromatic N) is 3. The number of ether oxygens (including phenoxy) is 1. The first-order valence-electron chi connectivity index (χ1n) is 9.68. The zero-order valence-corrected chi connectivity index (χ0v) is 15.8. The van der Waals surface area contributed by atoms with Gasteiger partial charge in [-0.3, -0.25) is 4.79 Å². The van der Waals surface area contributed by atoms with Gasteiger partial charge in [-0.15, -0.1) is 0 Å². The van der Waals surface area contributed by atoms with E-state index in [9.17, 15) is 4.79 Å². The van der Waals surface area contributed by atoms with Crippen LogP contribution in [0.1, 0.15) is 60.8 Å². The fourth-order valence-electron chi connectivity index (χ4n) is 3.97. The molecule has 2 aliphatic rings. The van der Waals surface area contributed by atoms with Gasteiger partial charge in [0.15, 0.2) is 0 Å². The van der Waals surface area contributed by atoms with Crippen molar-refractivity contribution in [1.82, 2.24) is 15.0 Å². The van der Waals surface area contributed by atoms with Gasteiger partial charge in [0.05, 0.1) is 29.9 Å². The maximum Gasteiger partial charge on any atom is 0.259 e. The van der Waals surface area contributed by atoms with Crippen LogP contribution in [0.15, 0.2) is 10.6 Å². The van der Waals surface area contributed by atoms with Gasteiger partial charge in [-0.05, 0) is 24.8 Å². The molecule has 1 amide bonds. The van der Waals surface area contributed by atoms with E-state index in [0.717, 1.165) is 24.2 Å². The number of hydrogen-bond donors (Lipinski definition) is 0. The Morgan fingerprint density at radius 3 is 2.81 bits per heavy atom. The molecule has 1 aliphatic carbocycles. The monoisotopic (exact) mass is 357 g/mol. The van der Waals surface area contributed by atoms with E-state index >= 15 is 0 Å². The van der Waals surface area contributed by atoms with Crippen molar-refractivity contribution in [2.24, 2.45) is 11.8 Å². The normalized spacial score (nSPS) is 21.8. The number of hydrogen-bond acceptors (Lipinski definition) is 5. The third-order valence-electron chi connectivity index (χ3n) is 5.85. The van der Waals surface area contributed by atoms with Crippen LogP contribution in [0.2, 0.25) is 0 Å². The molecule has 1 aliphatic heterocycles. The predicted molar refractivity (Wildman–Crippen MR) is 98.2 cm³/mol. The topological polar surface area (TPSA) is 68.5 Å². The zero-order chi connectivity index (χ0) is 18.3. The Balaban J connectivity index is 1.69. The van der Waals surface area contributed by atoms with E-state index in [0.29, 0.717) is 42.0 Å². The summed E-state index contributed by atoms with van der Waals surface area (Å²) < 4.78 is 11.2. The van der Waals surface area contributed by atoms with Gasteiger partial charge in [0.1, 0.15) is 0 Å². The highest BCUT2D eigenvalue weighted by Crippen LogP contribution is 2.35. The lowest BCUT2D eigenvalue weighted by Crippen LogP contribution is -2.39. The third-order valence-corrected chi connectivity index (χ3v) is 5.85. The van der Waals surface area contributed by atoms with E-state index in [2.05, 4.69) is 24.0 Å². The first kappa shape index (κ1) is 17.5. The molecule has 2 aromatic rings. The summed E-state index contributed by atoms with van der Waals surface area (Å²) in [7, 11) is 0. The summed E-state index contributed by atoms with van der Waals surface area (Å²) in [4.78, 5) is 19.9. The maximum absolute atomic E-state index is 13.4. The first-order valence-corrected chi connectivity index (χ1v) is 9.68. The molecule has 4 rings (SSSR count). The minimum atomic E-state index is 0.0421. The van der Waals surface area contributed by atoms with E-state index in [1.54, 1.807) is 0 Å². The predicted octanol–water partition coefficient (Wildman–Crippen LogP) is 3.54. The summed E-state index contributed by atoms with van der Waals surface area (Å²) in [5.41, 5.74) is 2.69. The Kier molecular flexibility index (Phi) is 4.69. The second kappa shape index (κ2) is 6.99. The first-order chi connectivity index (χ1) is 12.5. The van der Waals surface area contributed by atoms with Gasteiger partial charge in [-0.2, -0.15) is 0 Å². The number of carbonyl (C=O) groups excluding carboxylic acids is 1. The largest absolute Gasteiger partial charge is 0.379 e. The Hall–Kier alpha value is -1.95. The fraction of sp³-hybridized carbons (Fsp3) is 0.650. The highest BCUT2D eigenvalue weighted by atomic mass is 16.5. The number of amides is 1. The number of aromatic nitrogens is 2. The summed E-state index contributed by atoms with van der Waals surface area (Å²) in [5.74, 6) is 1.40. The zero-order valence-electron chi connectivity index (χ0n) is 15.8. The van der Waals surface area contributed by atoms with Crippen molar-refractivity contribution in [2.45, 2.75) is 46.0 Å². The molecule has 1 atom stereocenters. The smallest absolute Gasteiger partial charge is 0.259 e. The molecule has 6 heteroatoms. The second-order valence-corrected chi connectivity index (χ2v) is 7.97. The number of rotatable bonds is 3. The Bertz CT molecular complexity index is 810. The van der Waals surface area contributed by atoms with Crippen molar-refractivity contribution in [1.29, 1.82) is 0 Å². The van der Waals surface area contributed by atoms with E-state index in [1.165, 1.54) is 19.3 Å². The third kappa shape index (κ3) is 3.11. The van der Waals surface area contributed by atoms with E-state index in [-0.39, 0.29) is 11.8 Å². The van der Waals surface area contributed by atoms with Gasteiger partial charge in [0.2, 0.25) is 0 Å². The average molecular weight is 357 g/mol. The molecule has 140 valence electrons. The number of aryl methyl sites for hydroxylation is 1. The van der Waals surface area contributed by atoms with Crippen LogP contribution in [-0.4, -0.2) is 47.3 Å². The number of carbonyl (C=O) groups is 1. The Labute approximate surface area is 153 Å². The fourth-order valence-corrected chi connectivity index (χ4v) is 3.97. The molecule has 2 aromatic heterocycles. The second-order valence-electron chi connectivity index (χ2n) is 7.97. The minimum absolute atomic E-state index is 0.0421. The number of fused-ring (bicyclic) bond motifs is 1. The molecule has 1 saturated carbocycles. The molecule has 0 spiro atoms. The summed E-state index contributed by atoms with van der Waals surface area (Å²) in [6.07, 6.45) is 3.83. The van der Waals surface area contributed by atoms with Crippen molar-refractivity contribution >= 4 is 17.0 Å². The molecule has 0 N–H and O–H groups in total. The quantitative estimate of drug-likeness (QED) is 0.840. The highest BCUT2D eigenvalue weighted by Gasteiger charge is 2.33. The molecule has 3 heterocycles. The molecule has 0 aromatic carbocycles. The standard InChI is InChI=1S/C20H27N3O3/c1-12(2)17-9-16(18-13(3)22-26-19(18)21-17)20(24)23-7-8-25-11-15(10-23)14-5-4-6-14/h9,12,14-15H,4-8,10-11H2,1-3H3. The van der Waals surface area contributed by atoms with Crippen molar-refractivity contribution in [2.75, 3.05) is 26.3 Å². The maximum atomic E-state index is 13.4. The van der Waals surface area contributed by atoms with Crippen LogP contribution in [0, 0.1) is 18.8 Å². The molecule has 1 saturated heterocycles. The molecule has 0 radical (unpaired) electrons. The summed E-state index contributed by atoms with van der Waals surface area (Å²) in [6.45, 7) is 8.77. The van der Waals surface area contributed by atoms with Gasteiger partial charge in [-0.25, -0.2) is 4.98 Å². The van der Waals surface area contributed by atoms with Crippen LogP contribution >= 0.6 is 0 Å². The van der Waals surface area contributed by atoms with Crippen LogP contribution in [-0.2, 0) is 4.74 Å². The van der Waals surface area contributed by atoms with Gasteiger partial charge in [0.25, 0.3) is 11.6 Å². The lowest BCUT2D eigenvalue weighted by molar-refractivity contribution is 0.0688. The summed E-state index contributed by atoms with van der Waals surface area (Å²) in [6, 6.07) is 1.92. The van der Waals surface area contributed by atoms with Crippen LogP contribution in [0.5, 0.6) is 0 Å². The molecule has 26 heavy (non-hydrogen) atoms. The van der Waals surface area contributed by atoms with Gasteiger partial charge >= 0.3 is 0 Å². The van der Waals surface area contributed by atoms with Crippen LogP contribution in [0.3, 0.4) is 0 Å².